The second kappa shape index (κ2) is 25.4. The SMILES string of the molecule is C[CH2][Sn]([CH2]C)[CH2]C.C[CH2][Sn]([CH2]C)[CH2]C.C[CH2][Sn][CH2]C. The Morgan fingerprint density at radius 3 is 0.684 bits per heavy atom. The summed E-state index contributed by atoms with van der Waals surface area (Å²) < 4.78 is 12.3. The fourth-order valence-corrected chi connectivity index (χ4v) is 11.7. The third-order valence-corrected chi connectivity index (χ3v) is 23.5. The molecule has 19 heavy (non-hydrogen) atoms. The summed E-state index contributed by atoms with van der Waals surface area (Å²) in [6.07, 6.45) is 0. The molecule has 0 heterocycles. The zero-order chi connectivity index (χ0) is 15.5. The minimum atomic E-state index is -0.653. The number of hydrogen-bond donors (Lipinski definition) is 0. The van der Waals surface area contributed by atoms with Crippen LogP contribution in [0.1, 0.15) is 55.4 Å². The van der Waals surface area contributed by atoms with E-state index in [1.165, 1.54) is 8.87 Å². The van der Waals surface area contributed by atoms with Crippen molar-refractivity contribution in [1.29, 1.82) is 0 Å². The van der Waals surface area contributed by atoms with Crippen LogP contribution in [0.2, 0.25) is 35.5 Å². The monoisotopic (exact) mass is 592 g/mol. The predicted molar refractivity (Wildman–Crippen MR) is 101 cm³/mol. The van der Waals surface area contributed by atoms with Gasteiger partial charge in [0, 0.05) is 0 Å². The van der Waals surface area contributed by atoms with Gasteiger partial charge in [0.2, 0.25) is 0 Å². The van der Waals surface area contributed by atoms with Crippen LogP contribution >= 0.6 is 0 Å². The van der Waals surface area contributed by atoms with Crippen molar-refractivity contribution in [2.24, 2.45) is 0 Å². The first-order valence-electron chi connectivity index (χ1n) is 8.49. The van der Waals surface area contributed by atoms with Crippen LogP contribution in [0.5, 0.6) is 0 Å². The molecule has 3 heteroatoms. The van der Waals surface area contributed by atoms with Gasteiger partial charge < -0.3 is 0 Å². The van der Waals surface area contributed by atoms with Gasteiger partial charge in [-0.3, -0.25) is 0 Å². The molecule has 0 unspecified atom stereocenters. The average Bonchev–Trinajstić information content (AvgIpc) is 2.45. The Labute approximate surface area is 150 Å². The first-order valence-corrected chi connectivity index (χ1v) is 24.6. The van der Waals surface area contributed by atoms with Crippen molar-refractivity contribution in [3.63, 3.8) is 0 Å². The molecule has 0 N–H and O–H groups in total. The zero-order valence-electron chi connectivity index (χ0n) is 15.2. The summed E-state index contributed by atoms with van der Waals surface area (Å²) in [5.74, 6) is 0. The summed E-state index contributed by atoms with van der Waals surface area (Å²) >= 11 is -1.09. The van der Waals surface area contributed by atoms with E-state index in [0.717, 1.165) is 0 Å². The van der Waals surface area contributed by atoms with E-state index in [1.54, 1.807) is 26.6 Å². The summed E-state index contributed by atoms with van der Waals surface area (Å²) in [5.41, 5.74) is 0. The Morgan fingerprint density at radius 1 is 0.474 bits per heavy atom. The van der Waals surface area contributed by atoms with E-state index in [9.17, 15) is 0 Å². The van der Waals surface area contributed by atoms with Crippen LogP contribution in [0.3, 0.4) is 0 Å². The molecule has 0 aromatic heterocycles. The van der Waals surface area contributed by atoms with Crippen molar-refractivity contribution in [2.75, 3.05) is 0 Å². The van der Waals surface area contributed by atoms with Crippen LogP contribution in [0, 0.1) is 0 Å². The van der Waals surface area contributed by atoms with E-state index in [-0.39, 0.29) is 21.1 Å². The molecule has 0 saturated carbocycles. The molecule has 0 amide bonds. The third kappa shape index (κ3) is 25.7. The van der Waals surface area contributed by atoms with Gasteiger partial charge in [-0.25, -0.2) is 0 Å². The van der Waals surface area contributed by atoms with Crippen molar-refractivity contribution in [2.45, 2.75) is 90.9 Å². The number of hydrogen-bond acceptors (Lipinski definition) is 0. The van der Waals surface area contributed by atoms with Crippen LogP contribution in [-0.2, 0) is 0 Å². The van der Waals surface area contributed by atoms with Gasteiger partial charge in [0.15, 0.2) is 0 Å². The van der Waals surface area contributed by atoms with Gasteiger partial charge in [-0.05, 0) is 0 Å². The maximum atomic E-state index is 2.35. The van der Waals surface area contributed by atoms with Crippen molar-refractivity contribution in [3.05, 3.63) is 0 Å². The molecular formula is C16H40Sn3. The van der Waals surface area contributed by atoms with E-state index in [0.29, 0.717) is 0 Å². The quantitative estimate of drug-likeness (QED) is 0.279. The second-order valence-electron chi connectivity index (χ2n) is 4.58. The molecule has 0 fully saturated rings. The van der Waals surface area contributed by atoms with Gasteiger partial charge in [-0.15, -0.1) is 0 Å². The molecule has 4 radical (unpaired) electrons. The molecule has 0 atom stereocenters. The minimum absolute atomic E-state index is 0.218. The number of rotatable bonds is 8. The molecule has 0 rings (SSSR count). The van der Waals surface area contributed by atoms with Gasteiger partial charge in [-0.2, -0.15) is 0 Å². The summed E-state index contributed by atoms with van der Waals surface area (Å²) in [6, 6.07) is 0. The first-order chi connectivity index (χ1) is 9.11. The van der Waals surface area contributed by atoms with Crippen LogP contribution in [-0.4, -0.2) is 60.7 Å². The average molecular weight is 589 g/mol. The molecule has 0 spiro atoms. The summed E-state index contributed by atoms with van der Waals surface area (Å²) in [6.45, 7) is 18.7. The van der Waals surface area contributed by atoms with Gasteiger partial charge in [-0.1, -0.05) is 0 Å². The third-order valence-electron chi connectivity index (χ3n) is 3.50. The van der Waals surface area contributed by atoms with Crippen molar-refractivity contribution >= 4 is 60.7 Å². The van der Waals surface area contributed by atoms with Crippen LogP contribution < -0.4 is 0 Å². The van der Waals surface area contributed by atoms with Crippen LogP contribution in [0.15, 0.2) is 0 Å². The maximum absolute atomic E-state index is 2.35. The van der Waals surface area contributed by atoms with Crippen molar-refractivity contribution in [1.82, 2.24) is 0 Å². The second-order valence-corrected chi connectivity index (χ2v) is 30.7. The Balaban J connectivity index is -0.000000206. The Kier molecular flexibility index (Phi) is 35.1. The predicted octanol–water partition coefficient (Wildman–Crippen LogP) is 6.65. The first kappa shape index (κ1) is 26.3. The van der Waals surface area contributed by atoms with E-state index >= 15 is 0 Å². The van der Waals surface area contributed by atoms with E-state index in [1.807, 2.05) is 0 Å². The summed E-state index contributed by atoms with van der Waals surface area (Å²) in [5, 5.41) is 0. The topological polar surface area (TPSA) is 0 Å². The fraction of sp³-hybridized carbons (Fsp3) is 1.00. The van der Waals surface area contributed by atoms with Gasteiger partial charge in [0.1, 0.15) is 0 Å². The van der Waals surface area contributed by atoms with Crippen molar-refractivity contribution in [3.8, 4) is 0 Å². The van der Waals surface area contributed by atoms with Crippen molar-refractivity contribution < 1.29 is 0 Å². The Hall–Kier alpha value is 2.40. The normalized spacial score (nSPS) is 9.79. The van der Waals surface area contributed by atoms with Gasteiger partial charge >= 0.3 is 152 Å². The molecule has 0 aliphatic carbocycles. The molecule has 0 aliphatic heterocycles. The standard InChI is InChI=1S/8C2H5.3Sn/c8*1-2;;;/h8*1H2,2H3;;;. The van der Waals surface area contributed by atoms with E-state index < -0.39 is 39.5 Å². The summed E-state index contributed by atoms with van der Waals surface area (Å²) in [4.78, 5) is 0. The molecule has 0 aliphatic rings. The van der Waals surface area contributed by atoms with Gasteiger partial charge in [0.25, 0.3) is 0 Å². The summed E-state index contributed by atoms with van der Waals surface area (Å²) in [7, 11) is 0. The van der Waals surface area contributed by atoms with Crippen LogP contribution in [0.4, 0.5) is 0 Å². The Bertz CT molecular complexity index is 96.1. The molecule has 0 bridgehead atoms. The molecule has 0 aromatic carbocycles. The zero-order valence-corrected chi connectivity index (χ0v) is 23.7. The molecule has 0 saturated heterocycles. The van der Waals surface area contributed by atoms with E-state index in [2.05, 4.69) is 55.4 Å². The molecule has 116 valence electrons. The Morgan fingerprint density at radius 2 is 0.684 bits per heavy atom. The fourth-order valence-electron chi connectivity index (χ4n) is 1.75. The molecular weight excluding hydrogens is 548 g/mol. The van der Waals surface area contributed by atoms with Gasteiger partial charge in [0.05, 0.1) is 0 Å². The molecule has 0 nitrogen and oxygen atoms in total. The van der Waals surface area contributed by atoms with Crippen LogP contribution in [0.25, 0.3) is 0 Å². The molecule has 0 aromatic rings. The van der Waals surface area contributed by atoms with E-state index in [4.69, 9.17) is 0 Å².